The second-order valence-electron chi connectivity index (χ2n) is 7.39. The Morgan fingerprint density at radius 3 is 2.48 bits per heavy atom. The molecule has 3 N–H and O–H groups in total. The zero-order valence-electron chi connectivity index (χ0n) is 17.7. The number of aromatic hydroxyl groups is 1. The number of hydrogen-bond acceptors (Lipinski definition) is 4. The fraction of sp³-hybridized carbons (Fsp3) is 0.0800. The van der Waals surface area contributed by atoms with Gasteiger partial charge >= 0.3 is 5.69 Å². The molecule has 1 aromatic heterocycles. The van der Waals surface area contributed by atoms with E-state index in [2.05, 4.69) is 15.3 Å². The smallest absolute Gasteiger partial charge is 0.335 e. The van der Waals surface area contributed by atoms with Gasteiger partial charge in [-0.3, -0.25) is 14.8 Å². The predicted octanol–water partition coefficient (Wildman–Crippen LogP) is 3.74. The first-order valence-corrected chi connectivity index (χ1v) is 10.2. The lowest BCUT2D eigenvalue weighted by atomic mass is 10.1. The predicted molar refractivity (Wildman–Crippen MR) is 126 cm³/mol. The van der Waals surface area contributed by atoms with Crippen molar-refractivity contribution in [1.29, 1.82) is 0 Å². The van der Waals surface area contributed by atoms with Crippen LogP contribution in [0.3, 0.4) is 0 Å². The van der Waals surface area contributed by atoms with Gasteiger partial charge in [-0.05, 0) is 36.8 Å². The molecule has 0 spiro atoms. The summed E-state index contributed by atoms with van der Waals surface area (Å²) in [4.78, 5) is 31.9. The highest BCUT2D eigenvalue weighted by Crippen LogP contribution is 2.21. The third-order valence-electron chi connectivity index (χ3n) is 4.95. The maximum absolute atomic E-state index is 14.4. The molecule has 7 nitrogen and oxygen atoms in total. The molecule has 0 saturated heterocycles. The standard InChI is InChI=1S/C25H21FN4O3/c1-16-8-7-9-17(14-16)15-27-22(28-18-10-3-2-4-11-18)21-23(31)29-25(33)30(24(21)32)20-13-6-5-12-19(20)26/h2-14,32H,15H2,1H3,(H,27,28)(H,29,31,33). The average molecular weight is 444 g/mol. The second kappa shape index (κ2) is 9.35. The van der Waals surface area contributed by atoms with Crippen molar-refractivity contribution in [1.82, 2.24) is 9.55 Å². The summed E-state index contributed by atoms with van der Waals surface area (Å²) >= 11 is 0. The Bertz CT molecular complexity index is 1440. The first-order valence-electron chi connectivity index (χ1n) is 10.2. The van der Waals surface area contributed by atoms with Gasteiger partial charge in [0.05, 0.1) is 12.2 Å². The minimum absolute atomic E-state index is 0.0338. The van der Waals surface area contributed by atoms with Crippen molar-refractivity contribution in [3.05, 3.63) is 122 Å². The van der Waals surface area contributed by atoms with Gasteiger partial charge in [-0.25, -0.2) is 13.8 Å². The van der Waals surface area contributed by atoms with Gasteiger partial charge in [-0.2, -0.15) is 0 Å². The Hall–Kier alpha value is -4.46. The summed E-state index contributed by atoms with van der Waals surface area (Å²) in [7, 11) is 0. The molecule has 4 rings (SSSR count). The maximum atomic E-state index is 14.4. The van der Waals surface area contributed by atoms with E-state index in [1.54, 1.807) is 24.3 Å². The van der Waals surface area contributed by atoms with Gasteiger partial charge in [0.15, 0.2) is 0 Å². The summed E-state index contributed by atoms with van der Waals surface area (Å²) in [6.45, 7) is 2.16. The summed E-state index contributed by atoms with van der Waals surface area (Å²) < 4.78 is 15.1. The van der Waals surface area contributed by atoms with Gasteiger partial charge in [-0.15, -0.1) is 0 Å². The van der Waals surface area contributed by atoms with E-state index < -0.39 is 22.9 Å². The van der Waals surface area contributed by atoms with Crippen molar-refractivity contribution in [2.75, 3.05) is 5.32 Å². The molecule has 0 atom stereocenters. The molecule has 0 radical (unpaired) electrons. The van der Waals surface area contributed by atoms with Crippen LogP contribution in [0.5, 0.6) is 5.88 Å². The van der Waals surface area contributed by atoms with Gasteiger partial charge < -0.3 is 10.4 Å². The second-order valence-corrected chi connectivity index (χ2v) is 7.39. The van der Waals surface area contributed by atoms with Crippen molar-refractivity contribution in [3.63, 3.8) is 0 Å². The molecule has 33 heavy (non-hydrogen) atoms. The number of aromatic nitrogens is 2. The van der Waals surface area contributed by atoms with Crippen molar-refractivity contribution in [2.24, 2.45) is 4.99 Å². The molecular weight excluding hydrogens is 423 g/mol. The number of aromatic amines is 1. The molecule has 0 fully saturated rings. The van der Waals surface area contributed by atoms with Gasteiger partial charge in [0.1, 0.15) is 17.2 Å². The molecule has 0 aliphatic carbocycles. The topological polar surface area (TPSA) is 99.5 Å². The molecule has 0 amide bonds. The van der Waals surface area contributed by atoms with Crippen LogP contribution in [0.25, 0.3) is 5.69 Å². The first kappa shape index (κ1) is 21.8. The molecule has 0 unspecified atom stereocenters. The number of amidine groups is 1. The SMILES string of the molecule is Cc1cccc(CN=C(Nc2ccccc2)c2c(O)n(-c3ccccc3F)c(=O)[nH]c2=O)c1. The van der Waals surface area contributed by atoms with Gasteiger partial charge in [0.2, 0.25) is 5.88 Å². The number of nitrogens with one attached hydrogen (secondary N) is 2. The van der Waals surface area contributed by atoms with Crippen LogP contribution in [0.4, 0.5) is 10.1 Å². The average Bonchev–Trinajstić information content (AvgIpc) is 2.79. The Morgan fingerprint density at radius 2 is 1.76 bits per heavy atom. The molecule has 0 aliphatic heterocycles. The van der Waals surface area contributed by atoms with Crippen LogP contribution >= 0.6 is 0 Å². The Balaban J connectivity index is 1.88. The van der Waals surface area contributed by atoms with Crippen molar-refractivity contribution in [3.8, 4) is 11.6 Å². The fourth-order valence-corrected chi connectivity index (χ4v) is 3.42. The first-order chi connectivity index (χ1) is 15.9. The highest BCUT2D eigenvalue weighted by molar-refractivity contribution is 6.09. The normalized spacial score (nSPS) is 11.4. The monoisotopic (exact) mass is 444 g/mol. The van der Waals surface area contributed by atoms with Crippen LogP contribution in [-0.4, -0.2) is 20.5 Å². The number of aryl methyl sites for hydroxylation is 1. The number of hydrogen-bond donors (Lipinski definition) is 3. The third-order valence-corrected chi connectivity index (χ3v) is 4.95. The van der Waals surface area contributed by atoms with E-state index in [9.17, 15) is 19.1 Å². The summed E-state index contributed by atoms with van der Waals surface area (Å²) in [6.07, 6.45) is 0. The molecule has 0 aliphatic rings. The molecule has 166 valence electrons. The van der Waals surface area contributed by atoms with Gasteiger partial charge in [0.25, 0.3) is 5.56 Å². The lowest BCUT2D eigenvalue weighted by Gasteiger charge is -2.15. The van der Waals surface area contributed by atoms with Crippen LogP contribution in [0.15, 0.2) is 93.4 Å². The lowest BCUT2D eigenvalue weighted by Crippen LogP contribution is -2.35. The zero-order valence-corrected chi connectivity index (χ0v) is 17.7. The van der Waals surface area contributed by atoms with E-state index in [0.717, 1.165) is 17.2 Å². The molecule has 0 bridgehead atoms. The Labute approximate surface area is 188 Å². The molecule has 8 heteroatoms. The third kappa shape index (κ3) is 4.74. The van der Waals surface area contributed by atoms with Crippen molar-refractivity contribution < 1.29 is 9.50 Å². The van der Waals surface area contributed by atoms with Crippen LogP contribution in [0.1, 0.15) is 16.7 Å². The lowest BCUT2D eigenvalue weighted by molar-refractivity contribution is 0.426. The summed E-state index contributed by atoms with van der Waals surface area (Å²) in [5.74, 6) is -1.42. The Kier molecular flexibility index (Phi) is 6.17. The summed E-state index contributed by atoms with van der Waals surface area (Å²) in [5.41, 5.74) is 0.253. The highest BCUT2D eigenvalue weighted by Gasteiger charge is 2.22. The number of halogens is 1. The fourth-order valence-electron chi connectivity index (χ4n) is 3.42. The number of aliphatic imine (C=N–C) groups is 1. The van der Waals surface area contributed by atoms with Crippen LogP contribution in [-0.2, 0) is 6.54 Å². The van der Waals surface area contributed by atoms with E-state index >= 15 is 0 Å². The number of anilines is 1. The van der Waals surface area contributed by atoms with E-state index in [0.29, 0.717) is 10.3 Å². The minimum atomic E-state index is -0.968. The van der Waals surface area contributed by atoms with Crippen LogP contribution in [0.2, 0.25) is 0 Å². The number of benzene rings is 3. The Morgan fingerprint density at radius 1 is 1.03 bits per heavy atom. The number of H-pyrrole nitrogens is 1. The van der Waals surface area contributed by atoms with Crippen LogP contribution in [0, 0.1) is 12.7 Å². The van der Waals surface area contributed by atoms with Crippen LogP contribution < -0.4 is 16.6 Å². The molecule has 3 aromatic carbocycles. The van der Waals surface area contributed by atoms with Gasteiger partial charge in [-0.1, -0.05) is 60.2 Å². The van der Waals surface area contributed by atoms with E-state index in [1.165, 1.54) is 18.2 Å². The van der Waals surface area contributed by atoms with E-state index in [-0.39, 0.29) is 23.6 Å². The van der Waals surface area contributed by atoms with E-state index in [4.69, 9.17) is 0 Å². The molecule has 1 heterocycles. The van der Waals surface area contributed by atoms with E-state index in [1.807, 2.05) is 37.3 Å². The largest absolute Gasteiger partial charge is 0.493 e. The molecular formula is C25H21FN4O3. The minimum Gasteiger partial charge on any atom is -0.493 e. The quantitative estimate of drug-likeness (QED) is 0.323. The summed E-state index contributed by atoms with van der Waals surface area (Å²) in [6, 6.07) is 22.1. The summed E-state index contributed by atoms with van der Waals surface area (Å²) in [5, 5.41) is 14.0. The van der Waals surface area contributed by atoms with Crippen molar-refractivity contribution >= 4 is 11.5 Å². The van der Waals surface area contributed by atoms with Crippen molar-refractivity contribution in [2.45, 2.75) is 13.5 Å². The molecule has 0 saturated carbocycles. The number of nitrogens with zero attached hydrogens (tertiary/aromatic N) is 2. The highest BCUT2D eigenvalue weighted by atomic mass is 19.1. The molecule has 4 aromatic rings. The maximum Gasteiger partial charge on any atom is 0.335 e. The van der Waals surface area contributed by atoms with Gasteiger partial charge in [0, 0.05) is 5.69 Å². The number of para-hydroxylation sites is 2. The number of rotatable bonds is 5. The zero-order chi connectivity index (χ0) is 23.4.